The molecular formula is C24H24N2O5S2. The molecule has 2 N–H and O–H groups in total. The van der Waals surface area contributed by atoms with Gasteiger partial charge in [-0.1, -0.05) is 35.6 Å². The number of carboxylic acids is 1. The lowest BCUT2D eigenvalue weighted by Crippen LogP contribution is -2.42. The van der Waals surface area contributed by atoms with Crippen LogP contribution >= 0.6 is 23.1 Å². The van der Waals surface area contributed by atoms with Crippen molar-refractivity contribution >= 4 is 40.9 Å². The molecular weight excluding hydrogens is 460 g/mol. The van der Waals surface area contributed by atoms with Crippen molar-refractivity contribution in [2.45, 2.75) is 42.4 Å². The first-order valence-electron chi connectivity index (χ1n) is 11.4. The number of aryl methyl sites for hydroxylation is 1. The number of carboxylic acid groups (broad SMARTS) is 1. The Kier molecular flexibility index (Phi) is 4.85. The van der Waals surface area contributed by atoms with Gasteiger partial charge in [0.15, 0.2) is 0 Å². The number of benzene rings is 1. The Morgan fingerprint density at radius 3 is 2.61 bits per heavy atom. The Morgan fingerprint density at radius 1 is 1.15 bits per heavy atom. The standard InChI is InChI=1S/C24H24N2O5S2/c1-10-5-2-3-6-11(10)15-16-12-9-13(19(16)32-21-20(15)33-24(31)25-21)18-17(12)22(29)26(23(18)30)8-4-7-14(27)28/h2-3,5-6,12-13,15-19H,4,7-9H2,1H3,(H,25,31)(H,27,28)/t12?,13?,15?,16-,17?,18?,19?/m0/s1. The highest BCUT2D eigenvalue weighted by Crippen LogP contribution is 2.68. The highest BCUT2D eigenvalue weighted by Gasteiger charge is 2.69. The van der Waals surface area contributed by atoms with Crippen molar-refractivity contribution in [3.8, 4) is 0 Å². The van der Waals surface area contributed by atoms with Crippen LogP contribution in [0.5, 0.6) is 0 Å². The van der Waals surface area contributed by atoms with Crippen LogP contribution in [0.2, 0.25) is 0 Å². The summed E-state index contributed by atoms with van der Waals surface area (Å²) in [6.45, 7) is 2.27. The van der Waals surface area contributed by atoms with E-state index in [1.54, 1.807) is 11.8 Å². The van der Waals surface area contributed by atoms with Gasteiger partial charge in [0.25, 0.3) is 0 Å². The second kappa shape index (κ2) is 7.56. The lowest BCUT2D eigenvalue weighted by Gasteiger charge is -2.43. The van der Waals surface area contributed by atoms with Gasteiger partial charge in [-0.15, -0.1) is 11.8 Å². The van der Waals surface area contributed by atoms with Crippen LogP contribution in [0, 0.1) is 36.5 Å². The largest absolute Gasteiger partial charge is 0.481 e. The Hall–Kier alpha value is -2.39. The summed E-state index contributed by atoms with van der Waals surface area (Å²) in [5, 5.41) is 10.0. The molecule has 0 radical (unpaired) electrons. The number of thiazole rings is 1. The van der Waals surface area contributed by atoms with Crippen molar-refractivity contribution in [1.82, 2.24) is 9.88 Å². The topological polar surface area (TPSA) is 108 Å². The van der Waals surface area contributed by atoms with E-state index in [1.807, 2.05) is 12.1 Å². The number of carbonyl (C=O) groups is 3. The number of carbonyl (C=O) groups excluding carboxylic acids is 2. The third kappa shape index (κ3) is 3.01. The summed E-state index contributed by atoms with van der Waals surface area (Å²) in [5.41, 5.74) is 2.37. The summed E-state index contributed by atoms with van der Waals surface area (Å²) in [4.78, 5) is 55.2. The summed E-state index contributed by atoms with van der Waals surface area (Å²) < 4.78 is 0. The number of rotatable bonds is 5. The number of hydrogen-bond acceptors (Lipinski definition) is 6. The molecule has 4 aliphatic rings. The van der Waals surface area contributed by atoms with Gasteiger partial charge in [0.05, 0.1) is 16.9 Å². The third-order valence-corrected chi connectivity index (χ3v) is 10.7. The zero-order chi connectivity index (χ0) is 23.0. The molecule has 2 amide bonds. The molecule has 3 fully saturated rings. The zero-order valence-electron chi connectivity index (χ0n) is 18.0. The quantitative estimate of drug-likeness (QED) is 0.632. The molecule has 33 heavy (non-hydrogen) atoms. The van der Waals surface area contributed by atoms with E-state index < -0.39 is 5.97 Å². The molecule has 6 unspecified atom stereocenters. The Bertz CT molecular complexity index is 1240. The highest BCUT2D eigenvalue weighted by atomic mass is 32.2. The van der Waals surface area contributed by atoms with Crippen LogP contribution in [0.3, 0.4) is 0 Å². The Balaban J connectivity index is 1.39. The van der Waals surface area contributed by atoms with Gasteiger partial charge in [0.1, 0.15) is 0 Å². The minimum absolute atomic E-state index is 0.0383. The van der Waals surface area contributed by atoms with Gasteiger partial charge in [-0.3, -0.25) is 24.1 Å². The SMILES string of the molecule is Cc1ccccc1C1c2sc(=O)[nH]c2SC2C3CC(C4C(=O)N(CCCC(=O)O)C(=O)C34)[C@@H]12. The van der Waals surface area contributed by atoms with Crippen molar-refractivity contribution < 1.29 is 19.5 Å². The molecule has 6 rings (SSSR count). The first-order chi connectivity index (χ1) is 15.9. The number of H-pyrrole nitrogens is 1. The Morgan fingerprint density at radius 2 is 1.88 bits per heavy atom. The summed E-state index contributed by atoms with van der Waals surface area (Å²) in [5.74, 6) is -1.39. The fourth-order valence-electron chi connectivity index (χ4n) is 6.97. The van der Waals surface area contributed by atoms with Gasteiger partial charge in [0.2, 0.25) is 11.8 Å². The number of nitrogens with zero attached hydrogens (tertiary/aromatic N) is 1. The summed E-state index contributed by atoms with van der Waals surface area (Å²) in [6, 6.07) is 8.26. The minimum Gasteiger partial charge on any atom is -0.481 e. The molecule has 1 aromatic heterocycles. The number of nitrogens with one attached hydrogen (secondary N) is 1. The van der Waals surface area contributed by atoms with Gasteiger partial charge in [-0.05, 0) is 48.6 Å². The summed E-state index contributed by atoms with van der Waals surface area (Å²) in [6.07, 6.45) is 1.09. The number of likely N-dealkylation sites (tertiary alicyclic amines) is 1. The second-order valence-corrected chi connectivity index (χ2v) is 11.8. The van der Waals surface area contributed by atoms with Crippen molar-refractivity contribution in [1.29, 1.82) is 0 Å². The van der Waals surface area contributed by atoms with E-state index in [2.05, 4.69) is 24.0 Å². The van der Waals surface area contributed by atoms with Crippen LogP contribution < -0.4 is 4.87 Å². The van der Waals surface area contributed by atoms with Crippen LogP contribution in [0.4, 0.5) is 0 Å². The van der Waals surface area contributed by atoms with E-state index in [9.17, 15) is 19.2 Å². The van der Waals surface area contributed by atoms with Crippen LogP contribution in [0.25, 0.3) is 0 Å². The van der Waals surface area contributed by atoms with Gasteiger partial charge in [-0.25, -0.2) is 0 Å². The predicted octanol–water partition coefficient (Wildman–Crippen LogP) is 3.08. The lowest BCUT2D eigenvalue weighted by atomic mass is 9.67. The maximum atomic E-state index is 13.4. The zero-order valence-corrected chi connectivity index (χ0v) is 19.7. The molecule has 2 aromatic rings. The molecule has 172 valence electrons. The maximum Gasteiger partial charge on any atom is 0.305 e. The lowest BCUT2D eigenvalue weighted by molar-refractivity contribution is -0.142. The maximum absolute atomic E-state index is 13.4. The monoisotopic (exact) mass is 484 g/mol. The summed E-state index contributed by atoms with van der Waals surface area (Å²) in [7, 11) is 0. The first-order valence-corrected chi connectivity index (χ1v) is 13.1. The third-order valence-electron chi connectivity index (χ3n) is 8.11. The number of imide groups is 1. The van der Waals surface area contributed by atoms with E-state index in [1.165, 1.54) is 27.4 Å². The van der Waals surface area contributed by atoms with Crippen molar-refractivity contribution in [3.05, 3.63) is 49.9 Å². The van der Waals surface area contributed by atoms with Crippen molar-refractivity contribution in [2.24, 2.45) is 29.6 Å². The molecule has 7 nitrogen and oxygen atoms in total. The molecule has 1 saturated heterocycles. The molecule has 2 bridgehead atoms. The van der Waals surface area contributed by atoms with Gasteiger partial charge >= 0.3 is 10.8 Å². The van der Waals surface area contributed by atoms with Gasteiger partial charge in [0, 0.05) is 29.0 Å². The van der Waals surface area contributed by atoms with E-state index >= 15 is 0 Å². The molecule has 7 atom stereocenters. The van der Waals surface area contributed by atoms with Crippen LogP contribution in [-0.2, 0) is 14.4 Å². The number of amides is 2. The van der Waals surface area contributed by atoms with Crippen LogP contribution in [0.15, 0.2) is 34.1 Å². The molecule has 2 aliphatic carbocycles. The van der Waals surface area contributed by atoms with E-state index in [0.29, 0.717) is 0 Å². The molecule has 1 aromatic carbocycles. The number of hydrogen-bond donors (Lipinski definition) is 2. The number of aromatic amines is 1. The van der Waals surface area contributed by atoms with E-state index in [4.69, 9.17) is 5.11 Å². The van der Waals surface area contributed by atoms with E-state index in [0.717, 1.165) is 16.3 Å². The fourth-order valence-corrected chi connectivity index (χ4v) is 9.85. The predicted molar refractivity (Wildman–Crippen MR) is 123 cm³/mol. The fraction of sp³-hybridized carbons (Fsp3) is 0.500. The van der Waals surface area contributed by atoms with Gasteiger partial charge < -0.3 is 10.1 Å². The van der Waals surface area contributed by atoms with Crippen molar-refractivity contribution in [2.75, 3.05) is 6.54 Å². The molecule has 3 heterocycles. The van der Waals surface area contributed by atoms with Crippen LogP contribution in [-0.4, -0.2) is 44.6 Å². The second-order valence-electron chi connectivity index (χ2n) is 9.64. The van der Waals surface area contributed by atoms with Crippen molar-refractivity contribution in [3.63, 3.8) is 0 Å². The highest BCUT2D eigenvalue weighted by molar-refractivity contribution is 8.00. The number of aromatic nitrogens is 1. The number of fused-ring (bicyclic) bond motifs is 9. The molecule has 9 heteroatoms. The van der Waals surface area contributed by atoms with Gasteiger partial charge in [-0.2, -0.15) is 0 Å². The average molecular weight is 485 g/mol. The minimum atomic E-state index is -0.919. The van der Waals surface area contributed by atoms with E-state index in [-0.39, 0.29) is 76.8 Å². The smallest absolute Gasteiger partial charge is 0.305 e. The summed E-state index contributed by atoms with van der Waals surface area (Å²) >= 11 is 2.96. The number of thioether (sulfide) groups is 1. The van der Waals surface area contributed by atoms with Crippen LogP contribution in [0.1, 0.15) is 41.2 Å². The normalized spacial score (nSPS) is 33.8. The Labute approximate surface area is 198 Å². The molecule has 0 spiro atoms. The molecule has 2 aliphatic heterocycles. The molecule has 2 saturated carbocycles. The average Bonchev–Trinajstić information content (AvgIpc) is 3.49. The first kappa shape index (κ1) is 21.2. The number of aliphatic carboxylic acids is 1.